The molecule has 0 bridgehead atoms. The van der Waals surface area contributed by atoms with E-state index >= 15 is 0 Å². The van der Waals surface area contributed by atoms with Gasteiger partial charge in [-0.2, -0.15) is 0 Å². The predicted molar refractivity (Wildman–Crippen MR) is 65.2 cm³/mol. The van der Waals surface area contributed by atoms with Crippen molar-refractivity contribution in [3.05, 3.63) is 34.3 Å². The second-order valence-corrected chi connectivity index (χ2v) is 5.39. The summed E-state index contributed by atoms with van der Waals surface area (Å²) in [5, 5.41) is 0. The first-order valence-corrected chi connectivity index (χ1v) is 5.51. The highest BCUT2D eigenvalue weighted by molar-refractivity contribution is 5.98. The topological polar surface area (TPSA) is 63.1 Å². The number of oxazole rings is 1. The average Bonchev–Trinajstić information content (AvgIpc) is 2.53. The molecule has 0 radical (unpaired) electrons. The van der Waals surface area contributed by atoms with Gasteiger partial charge in [0.25, 0.3) is 0 Å². The summed E-state index contributed by atoms with van der Waals surface area (Å²) in [5.74, 6) is -0.441. The Labute approximate surface area is 98.6 Å². The smallest absolute Gasteiger partial charge is 0.408 e. The summed E-state index contributed by atoms with van der Waals surface area (Å²) < 4.78 is 4.93. The van der Waals surface area contributed by atoms with Crippen LogP contribution in [0.5, 0.6) is 0 Å². The van der Waals surface area contributed by atoms with Gasteiger partial charge in [-0.3, -0.25) is 9.78 Å². The number of ketones is 1. The first-order valence-electron chi connectivity index (χ1n) is 5.51. The van der Waals surface area contributed by atoms with Gasteiger partial charge in [0.2, 0.25) is 0 Å². The Kier molecular flexibility index (Phi) is 2.65. The summed E-state index contributed by atoms with van der Waals surface area (Å²) >= 11 is 0. The largest absolute Gasteiger partial charge is 0.417 e. The monoisotopic (exact) mass is 233 g/mol. The molecular formula is C13H15NO3. The maximum Gasteiger partial charge on any atom is 0.417 e. The molecule has 0 saturated heterocycles. The molecule has 0 saturated carbocycles. The van der Waals surface area contributed by atoms with Gasteiger partial charge in [-0.25, -0.2) is 4.79 Å². The molecule has 0 amide bonds. The van der Waals surface area contributed by atoms with Gasteiger partial charge in [0.15, 0.2) is 11.4 Å². The molecule has 2 rings (SSSR count). The number of carbonyl (C=O) groups excluding carboxylic acids is 1. The Bertz CT molecular complexity index is 613. The quantitative estimate of drug-likeness (QED) is 0.811. The fraction of sp³-hybridized carbons (Fsp3) is 0.385. The van der Waals surface area contributed by atoms with E-state index in [0.717, 1.165) is 0 Å². The molecule has 0 atom stereocenters. The van der Waals surface area contributed by atoms with Gasteiger partial charge in [0, 0.05) is 12.0 Å². The number of H-pyrrole nitrogens is 1. The molecular weight excluding hydrogens is 218 g/mol. The summed E-state index contributed by atoms with van der Waals surface area (Å²) in [6, 6.07) is 5.01. The molecule has 1 N–H and O–H groups in total. The highest BCUT2D eigenvalue weighted by Crippen LogP contribution is 2.22. The van der Waals surface area contributed by atoms with E-state index in [0.29, 0.717) is 23.1 Å². The number of hydrogen-bond acceptors (Lipinski definition) is 3. The first kappa shape index (κ1) is 11.6. The lowest BCUT2D eigenvalue weighted by molar-refractivity contribution is 0.0940. The number of benzene rings is 1. The minimum Gasteiger partial charge on any atom is -0.408 e. The van der Waals surface area contributed by atoms with Crippen molar-refractivity contribution in [2.45, 2.75) is 27.2 Å². The fourth-order valence-corrected chi connectivity index (χ4v) is 1.70. The molecule has 0 unspecified atom stereocenters. The summed E-state index contributed by atoms with van der Waals surface area (Å²) in [4.78, 5) is 25.5. The number of fused-ring (bicyclic) bond motifs is 1. The van der Waals surface area contributed by atoms with Crippen LogP contribution in [0.3, 0.4) is 0 Å². The summed E-state index contributed by atoms with van der Waals surface area (Å²) in [6.45, 7) is 6.04. The Morgan fingerprint density at radius 1 is 1.35 bits per heavy atom. The zero-order valence-corrected chi connectivity index (χ0v) is 10.2. The number of hydrogen-bond donors (Lipinski definition) is 1. The third-order valence-corrected chi connectivity index (χ3v) is 2.43. The van der Waals surface area contributed by atoms with Crippen molar-refractivity contribution < 1.29 is 9.21 Å². The Morgan fingerprint density at radius 3 is 2.71 bits per heavy atom. The van der Waals surface area contributed by atoms with E-state index in [1.54, 1.807) is 18.2 Å². The third kappa shape index (κ3) is 2.64. The van der Waals surface area contributed by atoms with Crippen LogP contribution in [0.1, 0.15) is 37.6 Å². The zero-order chi connectivity index (χ0) is 12.6. The van der Waals surface area contributed by atoms with E-state index in [-0.39, 0.29) is 11.2 Å². The van der Waals surface area contributed by atoms with Crippen molar-refractivity contribution in [2.75, 3.05) is 0 Å². The van der Waals surface area contributed by atoms with Gasteiger partial charge >= 0.3 is 5.76 Å². The van der Waals surface area contributed by atoms with E-state index in [2.05, 4.69) is 4.98 Å². The second-order valence-electron chi connectivity index (χ2n) is 5.39. The number of Topliss-reactive ketones (excluding diaryl/α,β-unsaturated/α-hetero) is 1. The third-order valence-electron chi connectivity index (χ3n) is 2.43. The lowest BCUT2D eigenvalue weighted by Gasteiger charge is -2.16. The van der Waals surface area contributed by atoms with Crippen molar-refractivity contribution in [3.63, 3.8) is 0 Å². The normalized spacial score (nSPS) is 11.9. The molecule has 1 aromatic carbocycles. The Balaban J connectivity index is 2.36. The summed E-state index contributed by atoms with van der Waals surface area (Å²) in [5.41, 5.74) is 1.57. The van der Waals surface area contributed by atoms with Crippen molar-refractivity contribution in [1.82, 2.24) is 4.98 Å². The number of carbonyl (C=O) groups is 1. The Morgan fingerprint density at radius 2 is 2.06 bits per heavy atom. The van der Waals surface area contributed by atoms with E-state index < -0.39 is 5.76 Å². The van der Waals surface area contributed by atoms with Gasteiger partial charge < -0.3 is 4.42 Å². The van der Waals surface area contributed by atoms with Crippen LogP contribution in [-0.2, 0) is 0 Å². The molecule has 0 aliphatic heterocycles. The van der Waals surface area contributed by atoms with Crippen molar-refractivity contribution in [3.8, 4) is 0 Å². The van der Waals surface area contributed by atoms with Crippen LogP contribution >= 0.6 is 0 Å². The number of aromatic amines is 1. The zero-order valence-electron chi connectivity index (χ0n) is 10.2. The highest BCUT2D eigenvalue weighted by atomic mass is 16.4. The lowest BCUT2D eigenvalue weighted by Crippen LogP contribution is -2.12. The fourth-order valence-electron chi connectivity index (χ4n) is 1.70. The second kappa shape index (κ2) is 3.87. The van der Waals surface area contributed by atoms with Crippen LogP contribution in [-0.4, -0.2) is 10.8 Å². The summed E-state index contributed by atoms with van der Waals surface area (Å²) in [7, 11) is 0. The van der Waals surface area contributed by atoms with Crippen molar-refractivity contribution >= 4 is 16.9 Å². The molecule has 0 aliphatic rings. The molecule has 1 heterocycles. The van der Waals surface area contributed by atoms with Gasteiger partial charge in [-0.1, -0.05) is 20.8 Å². The number of aromatic nitrogens is 1. The standard InChI is InChI=1S/C13H15NO3/c1-13(2,3)7-10(15)8-4-5-9-11(6-8)17-12(16)14-9/h4-6H,7H2,1-3H3,(H,14,16). The maximum atomic E-state index is 12.0. The van der Waals surface area contributed by atoms with Gasteiger partial charge in [-0.15, -0.1) is 0 Å². The van der Waals surface area contributed by atoms with Crippen molar-refractivity contribution in [1.29, 1.82) is 0 Å². The van der Waals surface area contributed by atoms with Crippen LogP contribution in [0, 0.1) is 5.41 Å². The van der Waals surface area contributed by atoms with Gasteiger partial charge in [-0.05, 0) is 23.6 Å². The van der Waals surface area contributed by atoms with Crippen LogP contribution in [0.4, 0.5) is 0 Å². The minimum atomic E-state index is -0.500. The number of rotatable bonds is 2. The van der Waals surface area contributed by atoms with Gasteiger partial charge in [0.1, 0.15) is 0 Å². The van der Waals surface area contributed by atoms with E-state index in [1.165, 1.54) is 0 Å². The summed E-state index contributed by atoms with van der Waals surface area (Å²) in [6.07, 6.45) is 0.465. The molecule has 2 aromatic rings. The molecule has 1 aromatic heterocycles. The molecule has 4 heteroatoms. The van der Waals surface area contributed by atoms with E-state index in [1.807, 2.05) is 20.8 Å². The van der Waals surface area contributed by atoms with E-state index in [9.17, 15) is 9.59 Å². The van der Waals surface area contributed by atoms with E-state index in [4.69, 9.17) is 4.42 Å². The first-order chi connectivity index (χ1) is 7.85. The molecule has 0 spiro atoms. The highest BCUT2D eigenvalue weighted by Gasteiger charge is 2.18. The molecule has 17 heavy (non-hydrogen) atoms. The lowest BCUT2D eigenvalue weighted by atomic mass is 9.88. The number of nitrogens with one attached hydrogen (secondary N) is 1. The molecule has 0 fully saturated rings. The predicted octanol–water partition coefficient (Wildman–Crippen LogP) is 2.74. The SMILES string of the molecule is CC(C)(C)CC(=O)c1ccc2[nH]c(=O)oc2c1. The maximum absolute atomic E-state index is 12.0. The van der Waals surface area contributed by atoms with Crippen LogP contribution in [0.15, 0.2) is 27.4 Å². The van der Waals surface area contributed by atoms with Crippen LogP contribution in [0.2, 0.25) is 0 Å². The molecule has 90 valence electrons. The molecule has 4 nitrogen and oxygen atoms in total. The average molecular weight is 233 g/mol. The minimum absolute atomic E-state index is 0.0506. The Hall–Kier alpha value is -1.84. The van der Waals surface area contributed by atoms with Crippen LogP contribution < -0.4 is 5.76 Å². The van der Waals surface area contributed by atoms with Crippen molar-refractivity contribution in [2.24, 2.45) is 5.41 Å². The van der Waals surface area contributed by atoms with Gasteiger partial charge in [0.05, 0.1) is 5.52 Å². The molecule has 0 aliphatic carbocycles. The van der Waals surface area contributed by atoms with Crippen LogP contribution in [0.25, 0.3) is 11.1 Å².